The van der Waals surface area contributed by atoms with E-state index in [1.54, 1.807) is 45.9 Å². The van der Waals surface area contributed by atoms with Crippen LogP contribution in [0.15, 0.2) is 29.4 Å². The Balaban J connectivity index is 2.81. The number of ether oxygens (including phenoxy) is 2. The van der Waals surface area contributed by atoms with Crippen LogP contribution in [0.5, 0.6) is 5.75 Å². The molecule has 21 heavy (non-hydrogen) atoms. The second-order valence-corrected chi connectivity index (χ2v) is 5.19. The molecule has 0 aliphatic heterocycles. The molecule has 0 aromatic heterocycles. The number of nitrogens with one attached hydrogen (secondary N) is 1. The van der Waals surface area contributed by atoms with E-state index in [9.17, 15) is 13.6 Å². The molecular formula is C14H18F2N2O3. The number of hydrogen-bond acceptors (Lipinski definition) is 4. The third kappa shape index (κ3) is 6.20. The molecule has 0 aliphatic carbocycles. The fourth-order valence-electron chi connectivity index (χ4n) is 1.45. The second kappa shape index (κ2) is 7.01. The minimum atomic E-state index is -2.93. The first-order chi connectivity index (χ1) is 9.69. The number of hydrazone groups is 1. The lowest BCUT2D eigenvalue weighted by molar-refractivity contribution is -0.0499. The normalized spacial score (nSPS) is 12.2. The number of carbonyl (C=O) groups is 1. The molecule has 1 aromatic carbocycles. The highest BCUT2D eigenvalue weighted by atomic mass is 19.3. The molecule has 0 spiro atoms. The lowest BCUT2D eigenvalue weighted by Gasteiger charge is -2.18. The second-order valence-electron chi connectivity index (χ2n) is 5.19. The molecular weight excluding hydrogens is 282 g/mol. The zero-order valence-electron chi connectivity index (χ0n) is 12.3. The minimum Gasteiger partial charge on any atom is -0.443 e. The first-order valence-corrected chi connectivity index (χ1v) is 6.26. The summed E-state index contributed by atoms with van der Waals surface area (Å²) in [6.07, 6.45) is -0.728. The highest BCUT2D eigenvalue weighted by Gasteiger charge is 2.16. The van der Waals surface area contributed by atoms with Crippen molar-refractivity contribution >= 4 is 11.8 Å². The average Bonchev–Trinajstić information content (AvgIpc) is 2.34. The van der Waals surface area contributed by atoms with Gasteiger partial charge in [0.2, 0.25) is 0 Å². The van der Waals surface area contributed by atoms with E-state index in [2.05, 4.69) is 15.3 Å². The molecule has 0 radical (unpaired) electrons. The summed E-state index contributed by atoms with van der Waals surface area (Å²) in [7, 11) is 0. The molecule has 1 rings (SSSR count). The van der Waals surface area contributed by atoms with Gasteiger partial charge in [0.25, 0.3) is 0 Å². The topological polar surface area (TPSA) is 59.9 Å². The predicted molar refractivity (Wildman–Crippen MR) is 74.7 cm³/mol. The Hall–Kier alpha value is -2.18. The number of alkyl halides is 2. The predicted octanol–water partition coefficient (Wildman–Crippen LogP) is 3.54. The number of para-hydroxylation sites is 1. The van der Waals surface area contributed by atoms with Gasteiger partial charge in [-0.1, -0.05) is 12.1 Å². The molecule has 0 heterocycles. The number of carbonyl (C=O) groups excluding carboxylic acids is 1. The van der Waals surface area contributed by atoms with Gasteiger partial charge in [-0.25, -0.2) is 10.2 Å². The van der Waals surface area contributed by atoms with Crippen LogP contribution >= 0.6 is 0 Å². The van der Waals surface area contributed by atoms with Crippen LogP contribution in [0.1, 0.15) is 33.3 Å². The summed E-state index contributed by atoms with van der Waals surface area (Å²) in [4.78, 5) is 11.5. The quantitative estimate of drug-likeness (QED) is 0.683. The van der Waals surface area contributed by atoms with Gasteiger partial charge in [-0.15, -0.1) is 0 Å². The molecule has 0 saturated carbocycles. The molecule has 7 heteroatoms. The van der Waals surface area contributed by atoms with E-state index in [0.29, 0.717) is 11.3 Å². The van der Waals surface area contributed by atoms with Crippen LogP contribution in [0.2, 0.25) is 0 Å². The van der Waals surface area contributed by atoms with Crippen molar-refractivity contribution in [1.82, 2.24) is 5.43 Å². The van der Waals surface area contributed by atoms with E-state index in [0.717, 1.165) is 0 Å². The fraction of sp³-hybridized carbons (Fsp3) is 0.429. The summed E-state index contributed by atoms with van der Waals surface area (Å²) < 4.78 is 34.0. The van der Waals surface area contributed by atoms with Gasteiger partial charge in [0, 0.05) is 5.56 Å². The van der Waals surface area contributed by atoms with Crippen LogP contribution in [0, 0.1) is 0 Å². The molecule has 0 fully saturated rings. The number of rotatable bonds is 4. The Morgan fingerprint density at radius 1 is 1.29 bits per heavy atom. The van der Waals surface area contributed by atoms with Crippen LogP contribution < -0.4 is 10.2 Å². The number of benzene rings is 1. The summed E-state index contributed by atoms with van der Waals surface area (Å²) in [5, 5.41) is 3.81. The molecule has 0 unspecified atom stereocenters. The summed E-state index contributed by atoms with van der Waals surface area (Å²) >= 11 is 0. The van der Waals surface area contributed by atoms with Gasteiger partial charge in [-0.2, -0.15) is 13.9 Å². The molecule has 1 aromatic rings. The lowest BCUT2D eigenvalue weighted by Crippen LogP contribution is -2.30. The molecule has 5 nitrogen and oxygen atoms in total. The Kier molecular flexibility index (Phi) is 5.63. The molecule has 116 valence electrons. The van der Waals surface area contributed by atoms with Crippen molar-refractivity contribution in [2.45, 2.75) is 39.9 Å². The summed E-state index contributed by atoms with van der Waals surface area (Å²) in [5.74, 6) is -0.0141. The molecule has 1 N–H and O–H groups in total. The molecule has 0 atom stereocenters. The van der Waals surface area contributed by atoms with Crippen LogP contribution in [0.4, 0.5) is 13.6 Å². The van der Waals surface area contributed by atoms with Crippen molar-refractivity contribution in [2.24, 2.45) is 5.10 Å². The van der Waals surface area contributed by atoms with Gasteiger partial charge >= 0.3 is 12.7 Å². The van der Waals surface area contributed by atoms with Gasteiger partial charge in [0.1, 0.15) is 11.4 Å². The van der Waals surface area contributed by atoms with Gasteiger partial charge < -0.3 is 9.47 Å². The molecule has 0 saturated heterocycles. The first kappa shape index (κ1) is 16.9. The largest absolute Gasteiger partial charge is 0.443 e. The Morgan fingerprint density at radius 2 is 1.90 bits per heavy atom. The maximum Gasteiger partial charge on any atom is 0.428 e. The van der Waals surface area contributed by atoms with Gasteiger partial charge in [-0.05, 0) is 39.8 Å². The highest BCUT2D eigenvalue weighted by Crippen LogP contribution is 2.20. The van der Waals surface area contributed by atoms with Gasteiger partial charge in [0.05, 0.1) is 5.71 Å². The number of halogens is 2. The summed E-state index contributed by atoms with van der Waals surface area (Å²) in [6.45, 7) is 3.78. The van der Waals surface area contributed by atoms with Crippen molar-refractivity contribution in [2.75, 3.05) is 0 Å². The average molecular weight is 300 g/mol. The zero-order valence-corrected chi connectivity index (χ0v) is 12.3. The molecule has 0 aliphatic rings. The zero-order chi connectivity index (χ0) is 16.0. The monoisotopic (exact) mass is 300 g/mol. The van der Waals surface area contributed by atoms with Crippen LogP contribution in [-0.2, 0) is 4.74 Å². The highest BCUT2D eigenvalue weighted by molar-refractivity contribution is 6.01. The van der Waals surface area contributed by atoms with Crippen molar-refractivity contribution in [3.63, 3.8) is 0 Å². The van der Waals surface area contributed by atoms with Crippen molar-refractivity contribution in [3.05, 3.63) is 29.8 Å². The van der Waals surface area contributed by atoms with Crippen molar-refractivity contribution in [3.8, 4) is 5.75 Å². The third-order valence-corrected chi connectivity index (χ3v) is 2.21. The van der Waals surface area contributed by atoms with Crippen molar-refractivity contribution in [1.29, 1.82) is 0 Å². The SMILES string of the molecule is C/C(=N\NC(=O)OC(C)(C)C)c1ccccc1OC(F)F. The smallest absolute Gasteiger partial charge is 0.428 e. The maximum atomic E-state index is 12.3. The fourth-order valence-corrected chi connectivity index (χ4v) is 1.45. The van der Waals surface area contributed by atoms with Crippen LogP contribution in [-0.4, -0.2) is 24.0 Å². The summed E-state index contributed by atoms with van der Waals surface area (Å²) in [6, 6.07) is 6.18. The Bertz CT molecular complexity index is 525. The van der Waals surface area contributed by atoms with E-state index in [1.807, 2.05) is 0 Å². The molecule has 1 amide bonds. The first-order valence-electron chi connectivity index (χ1n) is 6.26. The van der Waals surface area contributed by atoms with Crippen LogP contribution in [0.3, 0.4) is 0 Å². The third-order valence-electron chi connectivity index (χ3n) is 2.21. The van der Waals surface area contributed by atoms with E-state index < -0.39 is 18.3 Å². The number of nitrogens with zero attached hydrogens (tertiary/aromatic N) is 1. The lowest BCUT2D eigenvalue weighted by atomic mass is 10.1. The standard InChI is InChI=1S/C14H18F2N2O3/c1-9(17-18-13(19)21-14(2,3)4)10-7-5-6-8-11(10)20-12(15)16/h5-8,12H,1-4H3,(H,18,19)/b17-9+. The van der Waals surface area contributed by atoms with Crippen LogP contribution in [0.25, 0.3) is 0 Å². The van der Waals surface area contributed by atoms with E-state index >= 15 is 0 Å². The van der Waals surface area contributed by atoms with Gasteiger partial charge in [-0.3, -0.25) is 0 Å². The van der Waals surface area contributed by atoms with Gasteiger partial charge in [0.15, 0.2) is 0 Å². The minimum absolute atomic E-state index is 0.0141. The van der Waals surface area contributed by atoms with E-state index in [4.69, 9.17) is 4.74 Å². The number of amides is 1. The summed E-state index contributed by atoms with van der Waals surface area (Å²) in [5.41, 5.74) is 2.23. The maximum absolute atomic E-state index is 12.3. The Labute approximate surface area is 121 Å². The molecule has 0 bridgehead atoms. The van der Waals surface area contributed by atoms with Crippen molar-refractivity contribution < 1.29 is 23.0 Å². The van der Waals surface area contributed by atoms with E-state index in [1.165, 1.54) is 6.07 Å². The number of hydrogen-bond donors (Lipinski definition) is 1. The Morgan fingerprint density at radius 3 is 2.48 bits per heavy atom. The van der Waals surface area contributed by atoms with E-state index in [-0.39, 0.29) is 5.75 Å².